The molecule has 0 amide bonds. The van der Waals surface area contributed by atoms with E-state index in [0.717, 1.165) is 93.8 Å². The lowest BCUT2D eigenvalue weighted by molar-refractivity contribution is 0.360. The molecule has 0 spiro atoms. The highest BCUT2D eigenvalue weighted by molar-refractivity contribution is 8.00. The zero-order valence-electron chi connectivity index (χ0n) is 39.5. The van der Waals surface area contributed by atoms with Crippen LogP contribution in [0.25, 0.3) is 33.4 Å². The Hall–Kier alpha value is -7.32. The van der Waals surface area contributed by atoms with Crippen LogP contribution in [0.1, 0.15) is 74.9 Å². The minimum atomic E-state index is -0.323. The summed E-state index contributed by atoms with van der Waals surface area (Å²) in [5, 5.41) is 0. The summed E-state index contributed by atoms with van der Waals surface area (Å²) in [5.74, 6) is 6.68. The molecule has 0 saturated heterocycles. The first-order valence-corrected chi connectivity index (χ1v) is 25.7. The molecule has 0 fully saturated rings. The van der Waals surface area contributed by atoms with Crippen LogP contribution in [0.2, 0.25) is 0 Å². The SMILES string of the molecule is CC1(C)c2cc(N(c3ccc4c(c3)C(C)(C)c3ccc5c(c3-4)Oc3ccccc3S5)c3ccc4c(c3)C(C)(C)c3ccc5c(c3-4)Oc3ccccc3S5)ccc2-c2c1ccc1c2Oc2ccccc2O1. The van der Waals surface area contributed by atoms with Gasteiger partial charge in [0.05, 0.1) is 19.6 Å². The molecule has 6 aliphatic rings. The smallest absolute Gasteiger partial charge is 0.178 e. The minimum absolute atomic E-state index is 0.287. The zero-order chi connectivity index (χ0) is 47.0. The van der Waals surface area contributed by atoms with Crippen molar-refractivity contribution < 1.29 is 18.9 Å². The van der Waals surface area contributed by atoms with Gasteiger partial charge in [-0.3, -0.25) is 0 Å². The van der Waals surface area contributed by atoms with Gasteiger partial charge in [0.2, 0.25) is 0 Å². The molecule has 70 heavy (non-hydrogen) atoms. The lowest BCUT2D eigenvalue weighted by Crippen LogP contribution is -2.19. The number of benzene rings is 9. The van der Waals surface area contributed by atoms with Crippen molar-refractivity contribution in [1.82, 2.24) is 0 Å². The first-order chi connectivity index (χ1) is 33.9. The molecule has 0 atom stereocenters. The van der Waals surface area contributed by atoms with Crippen molar-refractivity contribution in [3.05, 3.63) is 197 Å². The van der Waals surface area contributed by atoms with Gasteiger partial charge < -0.3 is 23.8 Å². The van der Waals surface area contributed by atoms with Crippen LogP contribution in [0.4, 0.5) is 17.1 Å². The number of para-hydroxylation sites is 4. The molecular weight excluding hydrogens is 899 g/mol. The van der Waals surface area contributed by atoms with Gasteiger partial charge in [-0.05, 0) is 141 Å². The van der Waals surface area contributed by atoms with Gasteiger partial charge in [-0.25, -0.2) is 0 Å². The lowest BCUT2D eigenvalue weighted by Gasteiger charge is -2.31. The summed E-state index contributed by atoms with van der Waals surface area (Å²) in [7, 11) is 0. The molecule has 9 aromatic rings. The van der Waals surface area contributed by atoms with E-state index in [1.807, 2.05) is 24.3 Å². The van der Waals surface area contributed by atoms with Crippen molar-refractivity contribution in [2.75, 3.05) is 4.90 Å². The first kappa shape index (κ1) is 40.6. The summed E-state index contributed by atoms with van der Waals surface area (Å²) in [6.07, 6.45) is 0. The highest BCUT2D eigenvalue weighted by Crippen LogP contribution is 2.63. The van der Waals surface area contributed by atoms with Crippen molar-refractivity contribution in [2.24, 2.45) is 0 Å². The monoisotopic (exact) mass is 943 g/mol. The summed E-state index contributed by atoms with van der Waals surface area (Å²) >= 11 is 3.58. The van der Waals surface area contributed by atoms with E-state index >= 15 is 0 Å². The molecule has 7 heteroatoms. The zero-order valence-corrected chi connectivity index (χ0v) is 41.1. The van der Waals surface area contributed by atoms with Crippen LogP contribution in [0.15, 0.2) is 183 Å². The molecule has 5 nitrogen and oxygen atoms in total. The molecule has 0 aromatic heterocycles. The van der Waals surface area contributed by atoms with Crippen molar-refractivity contribution in [3.63, 3.8) is 0 Å². The Labute approximate surface area is 416 Å². The summed E-state index contributed by atoms with van der Waals surface area (Å²) in [6, 6.07) is 59.2. The Bertz CT molecular complexity index is 3450. The van der Waals surface area contributed by atoms with E-state index in [1.54, 1.807) is 23.5 Å². The molecule has 9 aromatic carbocycles. The van der Waals surface area contributed by atoms with Gasteiger partial charge in [0.15, 0.2) is 23.0 Å². The van der Waals surface area contributed by atoms with Gasteiger partial charge in [-0.2, -0.15) is 0 Å². The third kappa shape index (κ3) is 5.42. The fourth-order valence-corrected chi connectivity index (χ4v) is 14.2. The number of ether oxygens (including phenoxy) is 4. The van der Waals surface area contributed by atoms with Gasteiger partial charge in [-0.1, -0.05) is 138 Å². The third-order valence-electron chi connectivity index (χ3n) is 15.8. The molecule has 3 heterocycles. The summed E-state index contributed by atoms with van der Waals surface area (Å²) in [6.45, 7) is 14.1. The van der Waals surface area contributed by atoms with E-state index in [0.29, 0.717) is 0 Å². The maximum Gasteiger partial charge on any atom is 0.178 e. The Morgan fingerprint density at radius 1 is 0.314 bits per heavy atom. The number of nitrogens with zero attached hydrogens (tertiary/aromatic N) is 1. The van der Waals surface area contributed by atoms with Gasteiger partial charge >= 0.3 is 0 Å². The maximum absolute atomic E-state index is 6.81. The maximum atomic E-state index is 6.81. The molecule has 338 valence electrons. The Morgan fingerprint density at radius 2 is 0.686 bits per heavy atom. The topological polar surface area (TPSA) is 40.2 Å². The van der Waals surface area contributed by atoms with E-state index in [4.69, 9.17) is 18.9 Å². The molecule has 15 rings (SSSR count). The average molecular weight is 944 g/mol. The van der Waals surface area contributed by atoms with E-state index in [-0.39, 0.29) is 16.2 Å². The summed E-state index contributed by atoms with van der Waals surface area (Å²) < 4.78 is 26.8. The van der Waals surface area contributed by atoms with Crippen molar-refractivity contribution in [2.45, 2.75) is 77.4 Å². The summed E-state index contributed by atoms with van der Waals surface area (Å²) in [4.78, 5) is 7.05. The number of hydrogen-bond acceptors (Lipinski definition) is 7. The first-order valence-electron chi connectivity index (χ1n) is 24.0. The van der Waals surface area contributed by atoms with Crippen LogP contribution in [0.3, 0.4) is 0 Å². The number of anilines is 3. The van der Waals surface area contributed by atoms with Crippen molar-refractivity contribution in [1.29, 1.82) is 0 Å². The second kappa shape index (κ2) is 13.9. The Balaban J connectivity index is 0.903. The van der Waals surface area contributed by atoms with Gasteiger partial charge in [0, 0.05) is 50.0 Å². The second-order valence-corrected chi connectivity index (χ2v) is 23.0. The molecule has 0 bridgehead atoms. The highest BCUT2D eigenvalue weighted by atomic mass is 32.2. The number of fused-ring (bicyclic) bond motifs is 18. The molecule has 0 unspecified atom stereocenters. The third-order valence-corrected chi connectivity index (χ3v) is 18.0. The van der Waals surface area contributed by atoms with Gasteiger partial charge in [0.25, 0.3) is 0 Å². The fraction of sp³-hybridized carbons (Fsp3) is 0.143. The lowest BCUT2D eigenvalue weighted by atomic mass is 9.81. The van der Waals surface area contributed by atoms with Crippen LogP contribution in [-0.4, -0.2) is 0 Å². The molecule has 3 aliphatic carbocycles. The standard InChI is InChI=1S/C63H45NO4S2/c1-61(2)40-25-28-50-58(66-47-14-8-7-13-46(47)65-50)55(40)37-22-19-34(31-43(37)61)64(35-20-23-38-44(32-35)62(3,4)41-26-29-53-59(56(38)41)67-48-15-9-11-17-51(48)69-53)36-21-24-39-45(33-36)63(5,6)42-27-30-54-60(57(39)42)68-49-16-10-12-18-52(49)70-54/h7-33H,1-6H3. The predicted octanol–water partition coefficient (Wildman–Crippen LogP) is 18.5. The van der Waals surface area contributed by atoms with E-state index in [1.165, 1.54) is 55.6 Å². The van der Waals surface area contributed by atoms with Crippen LogP contribution < -0.4 is 23.8 Å². The second-order valence-electron chi connectivity index (χ2n) is 20.8. The fourth-order valence-electron chi connectivity index (χ4n) is 12.2. The average Bonchev–Trinajstić information content (AvgIpc) is 3.86. The van der Waals surface area contributed by atoms with E-state index in [9.17, 15) is 0 Å². The number of hydrogen-bond donors (Lipinski definition) is 0. The number of rotatable bonds is 3. The Morgan fingerprint density at radius 3 is 1.14 bits per heavy atom. The largest absolute Gasteiger partial charge is 0.454 e. The normalized spacial score (nSPS) is 16.3. The van der Waals surface area contributed by atoms with Gasteiger partial charge in [0.1, 0.15) is 23.0 Å². The minimum Gasteiger partial charge on any atom is -0.454 e. The summed E-state index contributed by atoms with van der Waals surface area (Å²) in [5.41, 5.74) is 17.0. The van der Waals surface area contributed by atoms with Gasteiger partial charge in [-0.15, -0.1) is 0 Å². The van der Waals surface area contributed by atoms with Crippen molar-refractivity contribution >= 4 is 40.6 Å². The molecule has 0 saturated carbocycles. The highest BCUT2D eigenvalue weighted by Gasteiger charge is 2.44. The molecule has 0 N–H and O–H groups in total. The van der Waals surface area contributed by atoms with Crippen molar-refractivity contribution in [3.8, 4) is 79.4 Å². The van der Waals surface area contributed by atoms with Crippen LogP contribution in [0, 0.1) is 0 Å². The molecular formula is C63H45NO4S2. The molecule has 0 radical (unpaired) electrons. The van der Waals surface area contributed by atoms with Crippen LogP contribution in [-0.2, 0) is 16.2 Å². The molecule has 3 aliphatic heterocycles. The van der Waals surface area contributed by atoms with Crippen LogP contribution >= 0.6 is 23.5 Å². The quantitative estimate of drug-likeness (QED) is 0.175. The van der Waals surface area contributed by atoms with E-state index in [2.05, 4.69) is 186 Å². The Kier molecular flexibility index (Phi) is 8.07. The van der Waals surface area contributed by atoms with Crippen LogP contribution in [0.5, 0.6) is 46.0 Å². The van der Waals surface area contributed by atoms with E-state index < -0.39 is 0 Å². The predicted molar refractivity (Wildman–Crippen MR) is 282 cm³/mol.